The maximum absolute atomic E-state index is 12.3. The lowest BCUT2D eigenvalue weighted by molar-refractivity contribution is 0.0287. The summed E-state index contributed by atoms with van der Waals surface area (Å²) in [4.78, 5) is 18.7. The van der Waals surface area contributed by atoms with Crippen LogP contribution in [0.25, 0.3) is 11.0 Å². The number of hydrogen-bond donors (Lipinski definition) is 1. The van der Waals surface area contributed by atoms with Gasteiger partial charge in [-0.1, -0.05) is 0 Å². The van der Waals surface area contributed by atoms with Gasteiger partial charge in [0.25, 0.3) is 5.91 Å². The molecule has 1 unspecified atom stereocenters. The molecule has 2 bridgehead atoms. The number of nitrogens with zero attached hydrogens (tertiary/aromatic N) is 2. The molecule has 5 heterocycles. The van der Waals surface area contributed by atoms with Crippen molar-refractivity contribution >= 4 is 16.9 Å². The first kappa shape index (κ1) is 11.9. The van der Waals surface area contributed by atoms with E-state index in [0.29, 0.717) is 11.3 Å². The number of amides is 1. The fraction of sp³-hybridized carbons (Fsp3) is 0.467. The van der Waals surface area contributed by atoms with Gasteiger partial charge in [0.1, 0.15) is 0 Å². The van der Waals surface area contributed by atoms with Crippen molar-refractivity contribution in [3.63, 3.8) is 0 Å². The molecule has 2 aromatic rings. The lowest BCUT2D eigenvalue weighted by atomic mass is 9.86. The second-order valence-corrected chi connectivity index (χ2v) is 5.73. The Hall–Kier alpha value is -1.88. The molecule has 0 saturated carbocycles. The van der Waals surface area contributed by atoms with E-state index in [2.05, 4.69) is 15.2 Å². The van der Waals surface area contributed by atoms with Crippen molar-refractivity contribution in [3.8, 4) is 0 Å². The van der Waals surface area contributed by atoms with Crippen LogP contribution in [0.5, 0.6) is 0 Å². The first-order valence-corrected chi connectivity index (χ1v) is 7.18. The molecule has 2 aromatic heterocycles. The van der Waals surface area contributed by atoms with Gasteiger partial charge in [0, 0.05) is 24.7 Å². The second kappa shape index (κ2) is 4.59. The smallest absolute Gasteiger partial charge is 0.288 e. The molecule has 1 atom stereocenters. The van der Waals surface area contributed by atoms with Gasteiger partial charge in [0.2, 0.25) is 0 Å². The van der Waals surface area contributed by atoms with E-state index >= 15 is 0 Å². The Morgan fingerprint density at radius 1 is 1.40 bits per heavy atom. The van der Waals surface area contributed by atoms with Crippen molar-refractivity contribution in [3.05, 3.63) is 30.3 Å². The predicted octanol–water partition coefficient (Wildman–Crippen LogP) is 2.00. The zero-order valence-electron chi connectivity index (χ0n) is 11.2. The molecular weight excluding hydrogens is 254 g/mol. The first-order chi connectivity index (χ1) is 9.79. The van der Waals surface area contributed by atoms with Crippen LogP contribution < -0.4 is 5.32 Å². The average Bonchev–Trinajstić information content (AvgIpc) is 2.92. The Balaban J connectivity index is 1.52. The molecule has 3 aliphatic heterocycles. The van der Waals surface area contributed by atoms with Gasteiger partial charge in [0.15, 0.2) is 11.3 Å². The van der Waals surface area contributed by atoms with Crippen molar-refractivity contribution in [2.75, 3.05) is 13.1 Å². The van der Waals surface area contributed by atoms with Crippen molar-refractivity contribution in [1.82, 2.24) is 15.2 Å². The predicted molar refractivity (Wildman–Crippen MR) is 74.2 cm³/mol. The summed E-state index contributed by atoms with van der Waals surface area (Å²) in [6.07, 6.45) is 7.10. The zero-order chi connectivity index (χ0) is 13.5. The number of carbonyl (C=O) groups is 1. The van der Waals surface area contributed by atoms with Crippen LogP contribution in [-0.4, -0.2) is 35.0 Å². The van der Waals surface area contributed by atoms with Crippen LogP contribution in [0.15, 0.2) is 28.9 Å². The van der Waals surface area contributed by atoms with Crippen molar-refractivity contribution < 1.29 is 9.21 Å². The molecule has 20 heavy (non-hydrogen) atoms. The molecule has 5 nitrogen and oxygen atoms in total. The molecule has 0 radical (unpaired) electrons. The number of aromatic nitrogens is 1. The maximum atomic E-state index is 12.3. The van der Waals surface area contributed by atoms with E-state index in [1.165, 1.54) is 12.8 Å². The minimum absolute atomic E-state index is 0.126. The fourth-order valence-corrected chi connectivity index (χ4v) is 3.33. The third-order valence-corrected chi connectivity index (χ3v) is 4.49. The molecule has 0 aromatic carbocycles. The molecule has 0 spiro atoms. The van der Waals surface area contributed by atoms with Gasteiger partial charge >= 0.3 is 0 Å². The van der Waals surface area contributed by atoms with E-state index in [9.17, 15) is 4.79 Å². The van der Waals surface area contributed by atoms with Crippen LogP contribution in [0, 0.1) is 5.92 Å². The molecule has 3 aliphatic rings. The number of nitrogens with one attached hydrogen (secondary N) is 1. The Morgan fingerprint density at radius 3 is 2.95 bits per heavy atom. The van der Waals surface area contributed by atoms with Crippen molar-refractivity contribution in [2.45, 2.75) is 25.4 Å². The van der Waals surface area contributed by atoms with Crippen LogP contribution in [0.4, 0.5) is 0 Å². The summed E-state index contributed by atoms with van der Waals surface area (Å²) < 4.78 is 5.56. The van der Waals surface area contributed by atoms with Crippen LogP contribution in [0.3, 0.4) is 0 Å². The minimum atomic E-state index is -0.126. The number of furan rings is 1. The Labute approximate surface area is 117 Å². The summed E-state index contributed by atoms with van der Waals surface area (Å²) in [5.74, 6) is 1.01. The van der Waals surface area contributed by atoms with E-state index in [1.807, 2.05) is 6.07 Å². The Bertz CT molecular complexity index is 610. The highest BCUT2D eigenvalue weighted by Gasteiger charge is 2.34. The third kappa shape index (κ3) is 1.98. The number of piperidine rings is 3. The number of fused-ring (bicyclic) bond motifs is 4. The van der Waals surface area contributed by atoms with Crippen LogP contribution in [0.2, 0.25) is 0 Å². The lowest BCUT2D eigenvalue weighted by Crippen LogP contribution is -2.56. The molecule has 0 aliphatic carbocycles. The van der Waals surface area contributed by atoms with Crippen molar-refractivity contribution in [1.29, 1.82) is 0 Å². The molecule has 104 valence electrons. The van der Waals surface area contributed by atoms with E-state index in [1.54, 1.807) is 18.5 Å². The van der Waals surface area contributed by atoms with Gasteiger partial charge < -0.3 is 9.73 Å². The van der Waals surface area contributed by atoms with Gasteiger partial charge in [-0.25, -0.2) is 0 Å². The SMILES string of the molecule is O=C(NC1CC2CCN1CC2)c1cc2ccncc2o1. The summed E-state index contributed by atoms with van der Waals surface area (Å²) in [6.45, 7) is 2.19. The summed E-state index contributed by atoms with van der Waals surface area (Å²) in [6, 6.07) is 3.63. The van der Waals surface area contributed by atoms with Gasteiger partial charge in [-0.3, -0.25) is 14.7 Å². The van der Waals surface area contributed by atoms with E-state index in [4.69, 9.17) is 4.42 Å². The molecule has 1 N–H and O–H groups in total. The minimum Gasteiger partial charge on any atom is -0.449 e. The highest BCUT2D eigenvalue weighted by molar-refractivity contribution is 5.96. The topological polar surface area (TPSA) is 58.4 Å². The van der Waals surface area contributed by atoms with E-state index < -0.39 is 0 Å². The summed E-state index contributed by atoms with van der Waals surface area (Å²) in [7, 11) is 0. The molecule has 3 saturated heterocycles. The number of rotatable bonds is 2. The quantitative estimate of drug-likeness (QED) is 0.907. The zero-order valence-corrected chi connectivity index (χ0v) is 11.2. The van der Waals surface area contributed by atoms with Gasteiger partial charge in [-0.2, -0.15) is 0 Å². The van der Waals surface area contributed by atoms with Crippen LogP contribution in [-0.2, 0) is 0 Å². The highest BCUT2D eigenvalue weighted by atomic mass is 16.3. The largest absolute Gasteiger partial charge is 0.449 e. The maximum Gasteiger partial charge on any atom is 0.288 e. The van der Waals surface area contributed by atoms with E-state index in [-0.39, 0.29) is 12.1 Å². The van der Waals surface area contributed by atoms with Crippen molar-refractivity contribution in [2.24, 2.45) is 5.92 Å². The monoisotopic (exact) mass is 271 g/mol. The van der Waals surface area contributed by atoms with Crippen LogP contribution in [0.1, 0.15) is 29.8 Å². The number of carbonyl (C=O) groups excluding carboxylic acids is 1. The molecule has 3 fully saturated rings. The average molecular weight is 271 g/mol. The summed E-state index contributed by atoms with van der Waals surface area (Å²) in [5, 5.41) is 4.01. The summed E-state index contributed by atoms with van der Waals surface area (Å²) in [5.41, 5.74) is 0.656. The summed E-state index contributed by atoms with van der Waals surface area (Å²) >= 11 is 0. The standard InChI is InChI=1S/C15H17N3O2/c19-15(12-8-11-1-4-16-9-13(11)20-12)17-14-7-10-2-5-18(14)6-3-10/h1,4,8-10,14H,2-3,5-7H2,(H,17,19). The van der Waals surface area contributed by atoms with Gasteiger partial charge in [-0.05, 0) is 37.3 Å². The Morgan fingerprint density at radius 2 is 2.25 bits per heavy atom. The van der Waals surface area contributed by atoms with Crippen LogP contribution >= 0.6 is 0 Å². The highest BCUT2D eigenvalue weighted by Crippen LogP contribution is 2.30. The molecular formula is C15H17N3O2. The van der Waals surface area contributed by atoms with Gasteiger partial charge in [-0.15, -0.1) is 0 Å². The second-order valence-electron chi connectivity index (χ2n) is 5.73. The van der Waals surface area contributed by atoms with Gasteiger partial charge in [0.05, 0.1) is 12.4 Å². The third-order valence-electron chi connectivity index (χ3n) is 4.49. The number of pyridine rings is 1. The first-order valence-electron chi connectivity index (χ1n) is 7.18. The fourth-order valence-electron chi connectivity index (χ4n) is 3.33. The lowest BCUT2D eigenvalue weighted by Gasteiger charge is -2.45. The molecule has 5 rings (SSSR count). The molecule has 1 amide bonds. The van der Waals surface area contributed by atoms with E-state index in [0.717, 1.165) is 30.8 Å². The Kier molecular flexibility index (Phi) is 2.73. The number of hydrogen-bond acceptors (Lipinski definition) is 4. The molecule has 5 heteroatoms. The normalized spacial score (nSPS) is 28.7.